The summed E-state index contributed by atoms with van der Waals surface area (Å²) in [5.74, 6) is 0.736. The summed E-state index contributed by atoms with van der Waals surface area (Å²) in [6.45, 7) is 2.56. The van der Waals surface area contributed by atoms with Gasteiger partial charge in [0, 0.05) is 44.0 Å². The number of amides is 1. The van der Waals surface area contributed by atoms with Crippen LogP contribution in [0.1, 0.15) is 16.1 Å². The van der Waals surface area contributed by atoms with E-state index in [1.807, 2.05) is 35.2 Å². The number of pyridine rings is 2. The first kappa shape index (κ1) is 16.0. The molecule has 0 N–H and O–H groups in total. The number of benzene rings is 1. The van der Waals surface area contributed by atoms with Crippen molar-refractivity contribution in [2.24, 2.45) is 0 Å². The Balaban J connectivity index is 1.51. The first-order valence-corrected chi connectivity index (χ1v) is 8.50. The van der Waals surface area contributed by atoms with Crippen molar-refractivity contribution in [2.45, 2.75) is 0 Å². The predicted molar refractivity (Wildman–Crippen MR) is 98.8 cm³/mol. The fourth-order valence-electron chi connectivity index (χ4n) is 3.24. The molecule has 1 aromatic carbocycles. The van der Waals surface area contributed by atoms with E-state index in [0.29, 0.717) is 37.4 Å². The van der Waals surface area contributed by atoms with E-state index in [0.717, 1.165) is 16.6 Å². The molecule has 3 heterocycles. The fraction of sp³-hybridized carbons (Fsp3) is 0.200. The molecule has 0 unspecified atom stereocenters. The Morgan fingerprint density at radius 2 is 1.77 bits per heavy atom. The highest BCUT2D eigenvalue weighted by molar-refractivity contribution is 6.05. The number of carbonyl (C=O) groups is 1. The van der Waals surface area contributed by atoms with Gasteiger partial charge in [-0.1, -0.05) is 24.3 Å². The van der Waals surface area contributed by atoms with Gasteiger partial charge in [-0.2, -0.15) is 5.26 Å². The predicted octanol–water partition coefficient (Wildman–Crippen LogP) is 2.46. The topological polar surface area (TPSA) is 73.1 Å². The van der Waals surface area contributed by atoms with Crippen LogP contribution in [0.2, 0.25) is 0 Å². The molecule has 0 spiro atoms. The van der Waals surface area contributed by atoms with Crippen LogP contribution >= 0.6 is 0 Å². The maximum Gasteiger partial charge on any atom is 0.273 e. The Bertz CT molecular complexity index is 997. The molecular formula is C20H17N5O. The average molecular weight is 343 g/mol. The standard InChI is InChI=1S/C20H17N5O/c21-14-15-5-7-22-18(13-15)24-9-11-25(12-10-24)20(26)19-17-4-2-1-3-16(17)6-8-23-19/h1-8,13H,9-12H2. The third-order valence-corrected chi connectivity index (χ3v) is 4.64. The van der Waals surface area contributed by atoms with E-state index in [9.17, 15) is 4.79 Å². The quantitative estimate of drug-likeness (QED) is 0.715. The highest BCUT2D eigenvalue weighted by Gasteiger charge is 2.24. The number of anilines is 1. The lowest BCUT2D eigenvalue weighted by Gasteiger charge is -2.35. The maximum atomic E-state index is 12.9. The van der Waals surface area contributed by atoms with Crippen LogP contribution in [-0.4, -0.2) is 47.0 Å². The minimum atomic E-state index is -0.0415. The molecule has 0 saturated carbocycles. The SMILES string of the molecule is N#Cc1ccnc(N2CCN(C(=O)c3nccc4ccccc34)CC2)c1. The molecule has 4 rings (SSSR count). The maximum absolute atomic E-state index is 12.9. The van der Waals surface area contributed by atoms with Gasteiger partial charge in [0.25, 0.3) is 5.91 Å². The summed E-state index contributed by atoms with van der Waals surface area (Å²) in [5.41, 5.74) is 1.09. The summed E-state index contributed by atoms with van der Waals surface area (Å²) in [5, 5.41) is 10.9. The second-order valence-electron chi connectivity index (χ2n) is 6.17. The van der Waals surface area contributed by atoms with E-state index in [-0.39, 0.29) is 5.91 Å². The lowest BCUT2D eigenvalue weighted by atomic mass is 10.1. The van der Waals surface area contributed by atoms with Crippen LogP contribution in [0.3, 0.4) is 0 Å². The van der Waals surface area contributed by atoms with Crippen molar-refractivity contribution in [1.82, 2.24) is 14.9 Å². The van der Waals surface area contributed by atoms with E-state index in [2.05, 4.69) is 20.9 Å². The normalized spacial score (nSPS) is 14.3. The van der Waals surface area contributed by atoms with Crippen molar-refractivity contribution in [3.05, 3.63) is 66.1 Å². The Morgan fingerprint density at radius 3 is 2.58 bits per heavy atom. The number of piperazine rings is 1. The van der Waals surface area contributed by atoms with E-state index >= 15 is 0 Å². The van der Waals surface area contributed by atoms with Gasteiger partial charge in [-0.25, -0.2) is 4.98 Å². The van der Waals surface area contributed by atoms with Gasteiger partial charge in [-0.05, 0) is 23.6 Å². The number of fused-ring (bicyclic) bond motifs is 1. The van der Waals surface area contributed by atoms with Crippen LogP contribution in [0.25, 0.3) is 10.8 Å². The van der Waals surface area contributed by atoms with Crippen LogP contribution in [0.5, 0.6) is 0 Å². The summed E-state index contributed by atoms with van der Waals surface area (Å²) in [4.78, 5) is 25.5. The van der Waals surface area contributed by atoms with Crippen LogP contribution < -0.4 is 4.90 Å². The van der Waals surface area contributed by atoms with E-state index < -0.39 is 0 Å². The summed E-state index contributed by atoms with van der Waals surface area (Å²) >= 11 is 0. The minimum absolute atomic E-state index is 0.0415. The molecule has 6 heteroatoms. The molecule has 1 amide bonds. The van der Waals surface area contributed by atoms with E-state index in [1.54, 1.807) is 24.5 Å². The Labute approximate surface area is 151 Å². The summed E-state index contributed by atoms with van der Waals surface area (Å²) in [6.07, 6.45) is 3.33. The summed E-state index contributed by atoms with van der Waals surface area (Å²) in [7, 11) is 0. The summed E-state index contributed by atoms with van der Waals surface area (Å²) in [6, 6.07) is 15.3. The lowest BCUT2D eigenvalue weighted by molar-refractivity contribution is 0.0743. The van der Waals surface area contributed by atoms with Crippen LogP contribution in [0, 0.1) is 11.3 Å². The van der Waals surface area contributed by atoms with E-state index in [1.165, 1.54) is 0 Å². The monoisotopic (exact) mass is 343 g/mol. The van der Waals surface area contributed by atoms with Gasteiger partial charge in [0.05, 0.1) is 11.6 Å². The Hall–Kier alpha value is -3.46. The average Bonchev–Trinajstić information content (AvgIpc) is 2.73. The number of nitriles is 1. The second-order valence-corrected chi connectivity index (χ2v) is 6.17. The third-order valence-electron chi connectivity index (χ3n) is 4.64. The van der Waals surface area contributed by atoms with Crippen molar-refractivity contribution in [1.29, 1.82) is 5.26 Å². The molecule has 1 aliphatic rings. The Kier molecular flexibility index (Phi) is 4.20. The van der Waals surface area contributed by atoms with Crippen LogP contribution in [0.15, 0.2) is 54.9 Å². The molecule has 6 nitrogen and oxygen atoms in total. The second kappa shape index (κ2) is 6.81. The van der Waals surface area contributed by atoms with Crippen molar-refractivity contribution < 1.29 is 4.79 Å². The number of carbonyl (C=O) groups excluding carboxylic acids is 1. The van der Waals surface area contributed by atoms with Crippen LogP contribution in [0.4, 0.5) is 5.82 Å². The fourth-order valence-corrected chi connectivity index (χ4v) is 3.24. The van der Waals surface area contributed by atoms with Gasteiger partial charge in [-0.3, -0.25) is 9.78 Å². The number of nitrogens with zero attached hydrogens (tertiary/aromatic N) is 5. The molecule has 0 atom stereocenters. The van der Waals surface area contributed by atoms with Gasteiger partial charge in [0.15, 0.2) is 0 Å². The van der Waals surface area contributed by atoms with Crippen molar-refractivity contribution in [3.8, 4) is 6.07 Å². The number of hydrogen-bond acceptors (Lipinski definition) is 5. The highest BCUT2D eigenvalue weighted by Crippen LogP contribution is 2.20. The molecule has 1 aliphatic heterocycles. The van der Waals surface area contributed by atoms with Gasteiger partial charge in [0.1, 0.15) is 11.5 Å². The number of rotatable bonds is 2. The summed E-state index contributed by atoms with van der Waals surface area (Å²) < 4.78 is 0. The van der Waals surface area contributed by atoms with Gasteiger partial charge in [-0.15, -0.1) is 0 Å². The Morgan fingerprint density at radius 1 is 1.00 bits per heavy atom. The molecule has 1 fully saturated rings. The molecular weight excluding hydrogens is 326 g/mol. The first-order valence-electron chi connectivity index (χ1n) is 8.50. The van der Waals surface area contributed by atoms with Crippen molar-refractivity contribution in [2.75, 3.05) is 31.1 Å². The zero-order valence-corrected chi connectivity index (χ0v) is 14.2. The molecule has 0 bridgehead atoms. The van der Waals surface area contributed by atoms with Gasteiger partial charge in [0.2, 0.25) is 0 Å². The van der Waals surface area contributed by atoms with Crippen molar-refractivity contribution in [3.63, 3.8) is 0 Å². The molecule has 0 radical (unpaired) electrons. The molecule has 26 heavy (non-hydrogen) atoms. The largest absolute Gasteiger partial charge is 0.353 e. The third kappa shape index (κ3) is 2.95. The van der Waals surface area contributed by atoms with E-state index in [4.69, 9.17) is 5.26 Å². The lowest BCUT2D eigenvalue weighted by Crippen LogP contribution is -2.49. The molecule has 0 aliphatic carbocycles. The molecule has 1 saturated heterocycles. The van der Waals surface area contributed by atoms with Crippen molar-refractivity contribution >= 4 is 22.5 Å². The number of aromatic nitrogens is 2. The zero-order valence-electron chi connectivity index (χ0n) is 14.2. The van der Waals surface area contributed by atoms with Crippen LogP contribution in [-0.2, 0) is 0 Å². The van der Waals surface area contributed by atoms with Gasteiger partial charge >= 0.3 is 0 Å². The highest BCUT2D eigenvalue weighted by atomic mass is 16.2. The van der Waals surface area contributed by atoms with Gasteiger partial charge < -0.3 is 9.80 Å². The smallest absolute Gasteiger partial charge is 0.273 e. The molecule has 128 valence electrons. The zero-order chi connectivity index (χ0) is 17.9. The first-order chi connectivity index (χ1) is 12.8. The number of hydrogen-bond donors (Lipinski definition) is 0. The minimum Gasteiger partial charge on any atom is -0.353 e. The molecule has 2 aromatic heterocycles. The molecule has 3 aromatic rings.